The molecule has 2 aliphatic heterocycles. The zero-order valence-electron chi connectivity index (χ0n) is 16.7. The lowest BCUT2D eigenvalue weighted by atomic mass is 9.94. The van der Waals surface area contributed by atoms with E-state index in [-0.39, 0.29) is 30.3 Å². The molecule has 1 aromatic rings. The predicted molar refractivity (Wildman–Crippen MR) is 104 cm³/mol. The summed E-state index contributed by atoms with van der Waals surface area (Å²) in [5.74, 6) is 1.87. The van der Waals surface area contributed by atoms with Gasteiger partial charge in [0, 0.05) is 38.1 Å². The van der Waals surface area contributed by atoms with E-state index in [1.807, 2.05) is 25.1 Å². The Bertz CT molecular complexity index is 685. The Balaban J connectivity index is 1.42. The van der Waals surface area contributed by atoms with E-state index in [1.54, 1.807) is 12.0 Å². The summed E-state index contributed by atoms with van der Waals surface area (Å²) in [6.07, 6.45) is 2.26. The molecule has 154 valence electrons. The minimum Gasteiger partial charge on any atom is -0.493 e. The average molecular weight is 390 g/mol. The molecule has 0 spiro atoms. The molecule has 0 radical (unpaired) electrons. The third-order valence-corrected chi connectivity index (χ3v) is 5.47. The smallest absolute Gasteiger partial charge is 0.248 e. The number of ether oxygens (including phenoxy) is 3. The van der Waals surface area contributed by atoms with Gasteiger partial charge in [-0.05, 0) is 37.8 Å². The molecule has 0 bridgehead atoms. The summed E-state index contributed by atoms with van der Waals surface area (Å²) in [5.41, 5.74) is 1.12. The van der Waals surface area contributed by atoms with Crippen LogP contribution in [0.25, 0.3) is 0 Å². The van der Waals surface area contributed by atoms with E-state index in [0.717, 1.165) is 23.5 Å². The highest BCUT2D eigenvalue weighted by atomic mass is 16.5. The van der Waals surface area contributed by atoms with Crippen molar-refractivity contribution in [2.45, 2.75) is 26.2 Å². The quantitative estimate of drug-likeness (QED) is 0.766. The molecular formula is C21H30N2O5. The van der Waals surface area contributed by atoms with Crippen molar-refractivity contribution in [1.82, 2.24) is 10.2 Å². The Kier molecular flexibility index (Phi) is 7.14. The molecule has 2 aliphatic rings. The number of likely N-dealkylation sites (tertiary alicyclic amines) is 1. The number of nitrogens with zero attached hydrogens (tertiary/aromatic N) is 1. The molecule has 1 fully saturated rings. The van der Waals surface area contributed by atoms with Gasteiger partial charge in [0.05, 0.1) is 13.7 Å². The molecule has 7 heteroatoms. The van der Waals surface area contributed by atoms with Gasteiger partial charge in [-0.2, -0.15) is 0 Å². The molecular weight excluding hydrogens is 360 g/mol. The van der Waals surface area contributed by atoms with Gasteiger partial charge in [0.2, 0.25) is 11.8 Å². The number of benzene rings is 1. The molecule has 7 nitrogen and oxygen atoms in total. The zero-order chi connectivity index (χ0) is 19.9. The fourth-order valence-electron chi connectivity index (χ4n) is 3.81. The minimum atomic E-state index is -0.0342. The maximum absolute atomic E-state index is 12.5. The third kappa shape index (κ3) is 4.95. The van der Waals surface area contributed by atoms with E-state index < -0.39 is 0 Å². The SMILES string of the molecule is CCOCC(=O)N1CCC(C(=O)NCC2COc3c(cccc3OC)C2)CC1. The van der Waals surface area contributed by atoms with Gasteiger partial charge in [0.25, 0.3) is 0 Å². The molecule has 28 heavy (non-hydrogen) atoms. The molecule has 1 aromatic carbocycles. The van der Waals surface area contributed by atoms with E-state index in [4.69, 9.17) is 14.2 Å². The summed E-state index contributed by atoms with van der Waals surface area (Å²) in [7, 11) is 1.64. The number of rotatable bonds is 7. The summed E-state index contributed by atoms with van der Waals surface area (Å²) in [6.45, 7) is 4.93. The Hall–Kier alpha value is -2.28. The first-order valence-corrected chi connectivity index (χ1v) is 10.0. The second-order valence-electron chi connectivity index (χ2n) is 7.37. The normalized spacial score (nSPS) is 19.5. The molecule has 0 aliphatic carbocycles. The Morgan fingerprint density at radius 1 is 1.29 bits per heavy atom. The topological polar surface area (TPSA) is 77.1 Å². The number of piperidine rings is 1. The summed E-state index contributed by atoms with van der Waals surface area (Å²) >= 11 is 0. The highest BCUT2D eigenvalue weighted by Crippen LogP contribution is 2.35. The highest BCUT2D eigenvalue weighted by molar-refractivity contribution is 5.80. The number of carbonyl (C=O) groups is 2. The van der Waals surface area contributed by atoms with E-state index in [2.05, 4.69) is 5.32 Å². The first-order valence-electron chi connectivity index (χ1n) is 10.0. The van der Waals surface area contributed by atoms with Gasteiger partial charge in [0.1, 0.15) is 6.61 Å². The summed E-state index contributed by atoms with van der Waals surface area (Å²) in [6, 6.07) is 5.90. The molecule has 1 atom stereocenters. The fourth-order valence-corrected chi connectivity index (χ4v) is 3.81. The number of nitrogens with one attached hydrogen (secondary N) is 1. The van der Waals surface area contributed by atoms with Gasteiger partial charge in [-0.25, -0.2) is 0 Å². The van der Waals surface area contributed by atoms with Crippen LogP contribution in [-0.2, 0) is 20.7 Å². The average Bonchev–Trinajstić information content (AvgIpc) is 2.75. The van der Waals surface area contributed by atoms with Crippen molar-refractivity contribution in [1.29, 1.82) is 0 Å². The second kappa shape index (κ2) is 9.78. The summed E-state index contributed by atoms with van der Waals surface area (Å²) < 4.78 is 16.4. The van der Waals surface area contributed by atoms with Gasteiger partial charge < -0.3 is 24.4 Å². The number of hydrogen-bond donors (Lipinski definition) is 1. The van der Waals surface area contributed by atoms with Crippen molar-refractivity contribution >= 4 is 11.8 Å². The van der Waals surface area contributed by atoms with Crippen LogP contribution < -0.4 is 14.8 Å². The minimum absolute atomic E-state index is 0.00848. The van der Waals surface area contributed by atoms with Crippen LogP contribution in [0.2, 0.25) is 0 Å². The summed E-state index contributed by atoms with van der Waals surface area (Å²) in [5, 5.41) is 3.08. The van der Waals surface area contributed by atoms with Crippen LogP contribution in [-0.4, -0.2) is 63.3 Å². The Morgan fingerprint density at radius 2 is 2.07 bits per heavy atom. The molecule has 2 amide bonds. The van der Waals surface area contributed by atoms with Crippen molar-refractivity contribution in [3.05, 3.63) is 23.8 Å². The van der Waals surface area contributed by atoms with Crippen LogP contribution in [0.4, 0.5) is 0 Å². The number of fused-ring (bicyclic) bond motifs is 1. The number of methoxy groups -OCH3 is 1. The van der Waals surface area contributed by atoms with E-state index >= 15 is 0 Å². The molecule has 1 saturated heterocycles. The molecule has 0 saturated carbocycles. The molecule has 1 N–H and O–H groups in total. The van der Waals surface area contributed by atoms with Crippen LogP contribution >= 0.6 is 0 Å². The molecule has 1 unspecified atom stereocenters. The summed E-state index contributed by atoms with van der Waals surface area (Å²) in [4.78, 5) is 26.3. The van der Waals surface area contributed by atoms with Crippen molar-refractivity contribution in [2.24, 2.45) is 11.8 Å². The first-order chi connectivity index (χ1) is 13.6. The van der Waals surface area contributed by atoms with E-state index in [1.165, 1.54) is 0 Å². The standard InChI is InChI=1S/C21H30N2O5/c1-3-27-14-19(24)23-9-7-16(8-10-23)21(25)22-12-15-11-17-5-4-6-18(26-2)20(17)28-13-15/h4-6,15-16H,3,7-14H2,1-2H3,(H,22,25). The maximum atomic E-state index is 12.5. The Labute approximate surface area is 166 Å². The van der Waals surface area contributed by atoms with Gasteiger partial charge in [-0.3, -0.25) is 9.59 Å². The molecule has 2 heterocycles. The van der Waals surface area contributed by atoms with Crippen LogP contribution in [0.1, 0.15) is 25.3 Å². The van der Waals surface area contributed by atoms with Crippen molar-refractivity contribution in [2.75, 3.05) is 46.6 Å². The lowest BCUT2D eigenvalue weighted by Gasteiger charge is -2.32. The predicted octanol–water partition coefficient (Wildman–Crippen LogP) is 1.64. The second-order valence-corrected chi connectivity index (χ2v) is 7.37. The number of carbonyl (C=O) groups excluding carboxylic acids is 2. The number of amides is 2. The number of hydrogen-bond acceptors (Lipinski definition) is 5. The maximum Gasteiger partial charge on any atom is 0.248 e. The molecule has 0 aromatic heterocycles. The van der Waals surface area contributed by atoms with Gasteiger partial charge in [-0.15, -0.1) is 0 Å². The largest absolute Gasteiger partial charge is 0.493 e. The molecule has 3 rings (SSSR count). The van der Waals surface area contributed by atoms with Crippen LogP contribution in [0.3, 0.4) is 0 Å². The monoisotopic (exact) mass is 390 g/mol. The third-order valence-electron chi connectivity index (χ3n) is 5.47. The van der Waals surface area contributed by atoms with Crippen LogP contribution in [0.15, 0.2) is 18.2 Å². The Morgan fingerprint density at radius 3 is 2.79 bits per heavy atom. The van der Waals surface area contributed by atoms with Crippen molar-refractivity contribution in [3.8, 4) is 11.5 Å². The zero-order valence-corrected chi connectivity index (χ0v) is 16.7. The van der Waals surface area contributed by atoms with E-state index in [9.17, 15) is 9.59 Å². The number of para-hydroxylation sites is 1. The highest BCUT2D eigenvalue weighted by Gasteiger charge is 2.28. The van der Waals surface area contributed by atoms with Crippen molar-refractivity contribution in [3.63, 3.8) is 0 Å². The lowest BCUT2D eigenvalue weighted by molar-refractivity contribution is -0.139. The fraction of sp³-hybridized carbons (Fsp3) is 0.619. The first kappa shape index (κ1) is 20.5. The van der Waals surface area contributed by atoms with Gasteiger partial charge in [0.15, 0.2) is 11.5 Å². The van der Waals surface area contributed by atoms with Crippen LogP contribution in [0, 0.1) is 11.8 Å². The van der Waals surface area contributed by atoms with Crippen molar-refractivity contribution < 1.29 is 23.8 Å². The van der Waals surface area contributed by atoms with E-state index in [0.29, 0.717) is 45.7 Å². The van der Waals surface area contributed by atoms with Gasteiger partial charge in [-0.1, -0.05) is 12.1 Å². The van der Waals surface area contributed by atoms with Gasteiger partial charge >= 0.3 is 0 Å². The van der Waals surface area contributed by atoms with Crippen LogP contribution in [0.5, 0.6) is 11.5 Å². The lowest BCUT2D eigenvalue weighted by Crippen LogP contribution is -2.45.